The van der Waals surface area contributed by atoms with E-state index in [1.165, 1.54) is 0 Å². The summed E-state index contributed by atoms with van der Waals surface area (Å²) in [6.07, 6.45) is 6.60. The van der Waals surface area contributed by atoms with Gasteiger partial charge in [0.15, 0.2) is 0 Å². The molecule has 0 spiro atoms. The Balaban J connectivity index is 1.23. The third-order valence-corrected chi connectivity index (χ3v) is 6.50. The predicted octanol–water partition coefficient (Wildman–Crippen LogP) is 3.19. The summed E-state index contributed by atoms with van der Waals surface area (Å²) in [5.41, 5.74) is 10.9. The van der Waals surface area contributed by atoms with Gasteiger partial charge in [-0.15, -0.1) is 0 Å². The molecule has 3 N–H and O–H groups in total. The van der Waals surface area contributed by atoms with Crippen molar-refractivity contribution >= 4 is 23.9 Å². The predicted molar refractivity (Wildman–Crippen MR) is 140 cm³/mol. The molecule has 2 amide bonds. The number of likely N-dealkylation sites (tertiary alicyclic amines) is 1. The molecule has 1 aliphatic rings. The summed E-state index contributed by atoms with van der Waals surface area (Å²) in [5.74, 6) is -0.267. The molecule has 1 atom stereocenters. The molecule has 9 heteroatoms. The van der Waals surface area contributed by atoms with Gasteiger partial charge in [0.05, 0.1) is 11.8 Å². The van der Waals surface area contributed by atoms with Crippen molar-refractivity contribution in [2.45, 2.75) is 12.5 Å². The van der Waals surface area contributed by atoms with E-state index in [-0.39, 0.29) is 23.7 Å². The minimum absolute atomic E-state index is 0.0929. The first-order valence-corrected chi connectivity index (χ1v) is 11.9. The fraction of sp³-hybridized carbons (Fsp3) is 0.179. The fourth-order valence-electron chi connectivity index (χ4n) is 4.49. The van der Waals surface area contributed by atoms with Gasteiger partial charge < -0.3 is 16.0 Å². The first kappa shape index (κ1) is 23.9. The third kappa shape index (κ3) is 5.11. The van der Waals surface area contributed by atoms with Gasteiger partial charge >= 0.3 is 0 Å². The lowest BCUT2D eigenvalue weighted by Gasteiger charge is -2.18. The number of hydrogen-bond acceptors (Lipinski definition) is 6. The van der Waals surface area contributed by atoms with Crippen LogP contribution >= 0.6 is 0 Å². The van der Waals surface area contributed by atoms with Crippen LogP contribution in [0.3, 0.4) is 0 Å². The highest BCUT2D eigenvalue weighted by molar-refractivity contribution is 6.00. The number of aromatic nitrogens is 3. The van der Waals surface area contributed by atoms with Gasteiger partial charge in [-0.3, -0.25) is 19.1 Å². The maximum absolute atomic E-state index is 13.1. The second-order valence-corrected chi connectivity index (χ2v) is 9.09. The van der Waals surface area contributed by atoms with Gasteiger partial charge in [-0.1, -0.05) is 30.3 Å². The van der Waals surface area contributed by atoms with Crippen molar-refractivity contribution in [3.05, 3.63) is 89.9 Å². The van der Waals surface area contributed by atoms with Crippen molar-refractivity contribution in [1.82, 2.24) is 25.0 Å². The number of amides is 2. The van der Waals surface area contributed by atoms with Crippen LogP contribution < -0.4 is 11.1 Å². The van der Waals surface area contributed by atoms with E-state index in [1.807, 2.05) is 43.6 Å². The summed E-state index contributed by atoms with van der Waals surface area (Å²) in [5, 5.41) is 7.15. The maximum Gasteiger partial charge on any atom is 0.255 e. The Hall–Kier alpha value is -4.79. The van der Waals surface area contributed by atoms with Crippen LogP contribution in [-0.4, -0.2) is 56.9 Å². The van der Waals surface area contributed by atoms with Crippen LogP contribution in [0.15, 0.2) is 73.2 Å². The summed E-state index contributed by atoms with van der Waals surface area (Å²) in [4.78, 5) is 43.1. The first-order chi connectivity index (χ1) is 17.9. The van der Waals surface area contributed by atoms with E-state index in [0.717, 1.165) is 28.5 Å². The first-order valence-electron chi connectivity index (χ1n) is 11.9. The number of nitrogens with two attached hydrogens (primary N) is 1. The molecule has 5 rings (SSSR count). The Bertz CT molecular complexity index is 1480. The highest BCUT2D eigenvalue weighted by Gasteiger charge is 2.29. The Labute approximate surface area is 213 Å². The third-order valence-electron chi connectivity index (χ3n) is 6.50. The van der Waals surface area contributed by atoms with Gasteiger partial charge in [0.25, 0.3) is 11.8 Å². The highest BCUT2D eigenvalue weighted by atomic mass is 16.2. The van der Waals surface area contributed by atoms with E-state index in [2.05, 4.69) is 15.4 Å². The van der Waals surface area contributed by atoms with Crippen LogP contribution in [0.5, 0.6) is 0 Å². The number of carbonyl (C=O) groups excluding carboxylic acids is 3. The van der Waals surface area contributed by atoms with Crippen molar-refractivity contribution in [2.24, 2.45) is 7.05 Å². The molecule has 1 saturated heterocycles. The summed E-state index contributed by atoms with van der Waals surface area (Å²) >= 11 is 0. The van der Waals surface area contributed by atoms with E-state index in [1.54, 1.807) is 46.2 Å². The average Bonchev–Trinajstić information content (AvgIpc) is 3.57. The Kier molecular flexibility index (Phi) is 6.51. The van der Waals surface area contributed by atoms with Gasteiger partial charge in [-0.05, 0) is 41.8 Å². The summed E-state index contributed by atoms with van der Waals surface area (Å²) in [6.45, 7) is 0.944. The van der Waals surface area contributed by atoms with E-state index < -0.39 is 0 Å². The summed E-state index contributed by atoms with van der Waals surface area (Å²) < 4.78 is 1.67. The van der Waals surface area contributed by atoms with Crippen LogP contribution in [-0.2, 0) is 7.05 Å². The van der Waals surface area contributed by atoms with Gasteiger partial charge in [-0.2, -0.15) is 5.10 Å². The number of rotatable bonds is 6. The number of nitrogens with zero attached hydrogens (tertiary/aromatic N) is 4. The zero-order chi connectivity index (χ0) is 25.9. The lowest BCUT2D eigenvalue weighted by atomic mass is 10.0. The largest absolute Gasteiger partial charge is 0.383 e. The molecule has 0 aliphatic carbocycles. The molecule has 2 aromatic heterocycles. The second-order valence-electron chi connectivity index (χ2n) is 9.09. The highest BCUT2D eigenvalue weighted by Crippen LogP contribution is 2.24. The average molecular weight is 495 g/mol. The van der Waals surface area contributed by atoms with Crippen molar-refractivity contribution in [1.29, 1.82) is 0 Å². The molecule has 37 heavy (non-hydrogen) atoms. The second kappa shape index (κ2) is 10.1. The minimum Gasteiger partial charge on any atom is -0.383 e. The van der Waals surface area contributed by atoms with Crippen LogP contribution in [0.2, 0.25) is 0 Å². The Morgan fingerprint density at radius 1 is 1.03 bits per heavy atom. The van der Waals surface area contributed by atoms with E-state index in [4.69, 9.17) is 5.73 Å². The summed E-state index contributed by atoms with van der Waals surface area (Å²) in [6, 6.07) is 16.1. The van der Waals surface area contributed by atoms with E-state index in [9.17, 15) is 14.4 Å². The van der Waals surface area contributed by atoms with E-state index in [0.29, 0.717) is 36.2 Å². The molecule has 1 fully saturated rings. The molecule has 2 aromatic carbocycles. The zero-order valence-corrected chi connectivity index (χ0v) is 20.3. The zero-order valence-electron chi connectivity index (χ0n) is 20.3. The Morgan fingerprint density at radius 3 is 2.57 bits per heavy atom. The molecule has 0 radical (unpaired) electrons. The molecular weight excluding hydrogens is 468 g/mol. The van der Waals surface area contributed by atoms with Gasteiger partial charge in [0.1, 0.15) is 12.1 Å². The molecule has 0 bridgehead atoms. The van der Waals surface area contributed by atoms with Crippen LogP contribution in [0.1, 0.15) is 37.5 Å². The number of hydrogen-bond donors (Lipinski definition) is 2. The molecule has 9 nitrogen and oxygen atoms in total. The molecule has 3 heterocycles. The lowest BCUT2D eigenvalue weighted by molar-refractivity contribution is 0.0783. The topological polar surface area (TPSA) is 123 Å². The minimum atomic E-state index is -0.322. The molecule has 1 aliphatic heterocycles. The number of pyridine rings is 1. The number of carbonyl (C=O) groups is 3. The smallest absolute Gasteiger partial charge is 0.255 e. The van der Waals surface area contributed by atoms with Gasteiger partial charge in [-0.25, -0.2) is 4.98 Å². The molecule has 0 saturated carbocycles. The van der Waals surface area contributed by atoms with Crippen LogP contribution in [0, 0.1) is 0 Å². The molecule has 0 unspecified atom stereocenters. The maximum atomic E-state index is 13.1. The molecular formula is C28H26N6O3. The standard InChI is InChI=1S/C28H26N6O3/c1-33-15-23(14-31-33)22-12-25(26(29)30-13-22)27(36)32-24-9-10-34(16-24)28(37)20-7-5-19(6-8-20)21-4-2-3-18(11-21)17-35/h2-8,11-15,17,24H,9-10,16H2,1H3,(H2,29,30)(H,32,36)/t24-/m1/s1. The number of nitrogens with one attached hydrogen (secondary N) is 1. The van der Waals surface area contributed by atoms with Crippen molar-refractivity contribution in [3.8, 4) is 22.3 Å². The quantitative estimate of drug-likeness (QED) is 0.397. The summed E-state index contributed by atoms with van der Waals surface area (Å²) in [7, 11) is 1.82. The van der Waals surface area contributed by atoms with Gasteiger partial charge in [0, 0.05) is 60.8 Å². The van der Waals surface area contributed by atoms with E-state index >= 15 is 0 Å². The Morgan fingerprint density at radius 2 is 1.84 bits per heavy atom. The van der Waals surface area contributed by atoms with Gasteiger partial charge in [0.2, 0.25) is 0 Å². The molecule has 4 aromatic rings. The number of anilines is 1. The van der Waals surface area contributed by atoms with Crippen molar-refractivity contribution in [2.75, 3.05) is 18.8 Å². The number of aldehydes is 1. The monoisotopic (exact) mass is 494 g/mol. The van der Waals surface area contributed by atoms with Crippen LogP contribution in [0.25, 0.3) is 22.3 Å². The lowest BCUT2D eigenvalue weighted by Crippen LogP contribution is -2.38. The van der Waals surface area contributed by atoms with Crippen molar-refractivity contribution < 1.29 is 14.4 Å². The van der Waals surface area contributed by atoms with Crippen LogP contribution in [0.4, 0.5) is 5.82 Å². The normalized spacial score (nSPS) is 14.9. The SMILES string of the molecule is Cn1cc(-c2cnc(N)c(C(=O)N[C@@H]3CCN(C(=O)c4ccc(-c5cccc(C=O)c5)cc4)C3)c2)cn1. The molecule has 186 valence electrons. The van der Waals surface area contributed by atoms with Crippen molar-refractivity contribution in [3.63, 3.8) is 0 Å². The fourth-order valence-corrected chi connectivity index (χ4v) is 4.49. The number of nitrogen functional groups attached to an aromatic ring is 1. The number of aryl methyl sites for hydroxylation is 1. The number of benzene rings is 2.